The predicted octanol–water partition coefficient (Wildman–Crippen LogP) is 1.86. The Kier molecular flexibility index (Phi) is 3.22. The van der Waals surface area contributed by atoms with E-state index in [9.17, 15) is 0 Å². The molecular weight excluding hydrogens is 158 g/mol. The van der Waals surface area contributed by atoms with Gasteiger partial charge in [-0.25, -0.2) is 0 Å². The van der Waals surface area contributed by atoms with E-state index in [0.717, 1.165) is 13.2 Å². The first kappa shape index (κ1) is 8.67. The summed E-state index contributed by atoms with van der Waals surface area (Å²) in [6, 6.07) is 8.33. The van der Waals surface area contributed by atoms with Gasteiger partial charge in [0.2, 0.25) is 0 Å². The van der Waals surface area contributed by atoms with Gasteiger partial charge in [0.1, 0.15) is 0 Å². The lowest BCUT2D eigenvalue weighted by atomic mass is 10.1. The number of rotatable bonds is 0. The number of hydrogen-bond donors (Lipinski definition) is 1. The average molecular weight is 167 g/mol. The zero-order chi connectivity index (χ0) is 8.81. The molecule has 0 radical (unpaired) electrons. The van der Waals surface area contributed by atoms with E-state index < -0.39 is 0 Å². The Morgan fingerprint density at radius 2 is 1.67 bits per heavy atom. The minimum Gasteiger partial charge on any atom is -0.379 e. The lowest BCUT2D eigenvalue weighted by Crippen LogP contribution is -1.77. The summed E-state index contributed by atoms with van der Waals surface area (Å²) in [5.74, 6) is 0. The molecule has 12 heavy (non-hydrogen) atoms. The molecule has 0 fully saturated rings. The molecule has 4 heteroatoms. The van der Waals surface area contributed by atoms with E-state index in [1.165, 1.54) is 16.5 Å². The highest BCUT2D eigenvalue weighted by Gasteiger charge is 2.07. The summed E-state index contributed by atoms with van der Waals surface area (Å²) >= 11 is 0. The van der Waals surface area contributed by atoms with Crippen LogP contribution in [0.5, 0.6) is 0 Å². The average Bonchev–Trinajstić information content (AvgIpc) is 2.52. The van der Waals surface area contributed by atoms with Crippen LogP contribution < -0.4 is 0 Å². The maximum Gasteiger partial charge on any atom is 0.152 e. The quantitative estimate of drug-likeness (QED) is 0.474. The molecular formula is C8H9NO3. The molecule has 1 heterocycles. The van der Waals surface area contributed by atoms with Crippen LogP contribution in [0.2, 0.25) is 0 Å². The maximum atomic E-state index is 8.11. The smallest absolute Gasteiger partial charge is 0.152 e. The lowest BCUT2D eigenvalue weighted by Gasteiger charge is -1.90. The number of hydrogen-bond acceptors (Lipinski definition) is 3. The highest BCUT2D eigenvalue weighted by molar-refractivity contribution is 5.27. The molecule has 1 aliphatic heterocycles. The zero-order valence-corrected chi connectivity index (χ0v) is 6.43. The zero-order valence-electron chi connectivity index (χ0n) is 6.43. The third-order valence-electron chi connectivity index (χ3n) is 1.63. The van der Waals surface area contributed by atoms with E-state index in [0.29, 0.717) is 0 Å². The molecule has 0 unspecified atom stereocenters. The van der Waals surface area contributed by atoms with Crippen LogP contribution in [0.15, 0.2) is 29.6 Å². The number of ether oxygens (including phenoxy) is 1. The van der Waals surface area contributed by atoms with Crippen LogP contribution in [0.4, 0.5) is 0 Å². The van der Waals surface area contributed by atoms with Crippen molar-refractivity contribution in [2.24, 2.45) is 5.34 Å². The van der Waals surface area contributed by atoms with E-state index in [1.54, 1.807) is 0 Å². The van der Waals surface area contributed by atoms with Crippen LogP contribution in [-0.4, -0.2) is 5.21 Å². The second-order valence-electron chi connectivity index (χ2n) is 2.34. The normalized spacial score (nSPS) is 12.7. The molecule has 0 saturated carbocycles. The first-order valence-corrected chi connectivity index (χ1v) is 3.49. The Labute approximate surface area is 69.7 Å². The van der Waals surface area contributed by atoms with Crippen LogP contribution in [0.3, 0.4) is 0 Å². The number of fused-ring (bicyclic) bond motifs is 1. The van der Waals surface area contributed by atoms with Gasteiger partial charge in [0.25, 0.3) is 0 Å². The summed E-state index contributed by atoms with van der Waals surface area (Å²) < 4.78 is 5.21. The fourth-order valence-corrected chi connectivity index (χ4v) is 1.11. The van der Waals surface area contributed by atoms with Crippen molar-refractivity contribution >= 4 is 0 Å². The second-order valence-corrected chi connectivity index (χ2v) is 2.34. The van der Waals surface area contributed by atoms with Crippen molar-refractivity contribution in [1.29, 1.82) is 0 Å². The van der Waals surface area contributed by atoms with Gasteiger partial charge < -0.3 is 9.94 Å². The van der Waals surface area contributed by atoms with Crippen molar-refractivity contribution < 1.29 is 9.94 Å². The monoisotopic (exact) mass is 167 g/mol. The molecule has 1 aromatic carbocycles. The third kappa shape index (κ3) is 2.03. The molecule has 0 aliphatic carbocycles. The largest absolute Gasteiger partial charge is 0.379 e. The van der Waals surface area contributed by atoms with E-state index >= 15 is 0 Å². The Bertz CT molecular complexity index is 239. The Hall–Kier alpha value is -1.42. The molecule has 0 spiro atoms. The van der Waals surface area contributed by atoms with Gasteiger partial charge in [0.15, 0.2) is 5.34 Å². The molecule has 1 N–H and O–H groups in total. The van der Waals surface area contributed by atoms with Crippen molar-refractivity contribution in [3.05, 3.63) is 40.3 Å². The Morgan fingerprint density at radius 3 is 2.08 bits per heavy atom. The summed E-state index contributed by atoms with van der Waals surface area (Å²) in [5.41, 5.74) is 2.69. The fraction of sp³-hybridized carbons (Fsp3) is 0.250. The van der Waals surface area contributed by atoms with Gasteiger partial charge in [0, 0.05) is 0 Å². The van der Waals surface area contributed by atoms with Crippen molar-refractivity contribution in [1.82, 2.24) is 0 Å². The van der Waals surface area contributed by atoms with Gasteiger partial charge in [-0.2, -0.15) is 0 Å². The van der Waals surface area contributed by atoms with Crippen molar-refractivity contribution in [3.8, 4) is 0 Å². The predicted molar refractivity (Wildman–Crippen MR) is 42.5 cm³/mol. The standard InChI is InChI=1S/C8H8O.HNO2/c1-2-4-8-6-9-5-7(8)3-1;2-1-3/h1-4H,5-6H2;(H,2,3). The molecule has 4 nitrogen and oxygen atoms in total. The molecule has 0 saturated heterocycles. The second kappa shape index (κ2) is 4.46. The van der Waals surface area contributed by atoms with Crippen LogP contribution in [0.25, 0.3) is 0 Å². The van der Waals surface area contributed by atoms with Crippen molar-refractivity contribution in [2.75, 3.05) is 0 Å². The number of benzene rings is 1. The molecule has 0 amide bonds. The summed E-state index contributed by atoms with van der Waals surface area (Å²) in [5, 5.41) is 7.89. The first-order chi connectivity index (χ1) is 5.88. The summed E-state index contributed by atoms with van der Waals surface area (Å²) in [7, 11) is 0. The molecule has 2 rings (SSSR count). The van der Waals surface area contributed by atoms with Gasteiger partial charge >= 0.3 is 0 Å². The van der Waals surface area contributed by atoms with Crippen molar-refractivity contribution in [2.45, 2.75) is 13.2 Å². The van der Waals surface area contributed by atoms with Crippen LogP contribution >= 0.6 is 0 Å². The molecule has 0 aromatic heterocycles. The molecule has 1 aromatic rings. The summed E-state index contributed by atoms with van der Waals surface area (Å²) in [4.78, 5) is 8.11. The topological polar surface area (TPSA) is 58.9 Å². The van der Waals surface area contributed by atoms with Gasteiger partial charge in [-0.05, 0) is 11.1 Å². The van der Waals surface area contributed by atoms with E-state index in [2.05, 4.69) is 12.1 Å². The highest BCUT2D eigenvalue weighted by Crippen LogP contribution is 2.17. The van der Waals surface area contributed by atoms with E-state index in [4.69, 9.17) is 14.9 Å². The molecule has 0 bridgehead atoms. The van der Waals surface area contributed by atoms with Gasteiger partial charge in [0.05, 0.1) is 13.2 Å². The minimum atomic E-state index is 0.802. The summed E-state index contributed by atoms with van der Waals surface area (Å²) in [6.07, 6.45) is 0. The fourth-order valence-electron chi connectivity index (χ4n) is 1.11. The molecule has 1 aliphatic rings. The van der Waals surface area contributed by atoms with Crippen LogP contribution in [0.1, 0.15) is 11.1 Å². The lowest BCUT2D eigenvalue weighted by molar-refractivity contribution is 0.134. The molecule has 64 valence electrons. The van der Waals surface area contributed by atoms with Crippen LogP contribution in [-0.2, 0) is 18.0 Å². The van der Waals surface area contributed by atoms with Gasteiger partial charge in [-0.3, -0.25) is 0 Å². The molecule has 0 atom stereocenters. The van der Waals surface area contributed by atoms with E-state index in [1.807, 2.05) is 12.1 Å². The Balaban J connectivity index is 0.000000213. The highest BCUT2D eigenvalue weighted by atomic mass is 16.6. The summed E-state index contributed by atoms with van der Waals surface area (Å²) in [6.45, 7) is 1.60. The van der Waals surface area contributed by atoms with Gasteiger partial charge in [-0.15, -0.1) is 4.91 Å². The minimum absolute atomic E-state index is 0.802. The maximum absolute atomic E-state index is 8.11. The Morgan fingerprint density at radius 1 is 1.25 bits per heavy atom. The van der Waals surface area contributed by atoms with Crippen molar-refractivity contribution in [3.63, 3.8) is 0 Å². The third-order valence-corrected chi connectivity index (χ3v) is 1.63. The van der Waals surface area contributed by atoms with Crippen LogP contribution in [0, 0.1) is 4.91 Å². The number of nitrogens with zero attached hydrogens (tertiary/aromatic N) is 1. The van der Waals surface area contributed by atoms with E-state index in [-0.39, 0.29) is 0 Å². The first-order valence-electron chi connectivity index (χ1n) is 3.49. The SMILES string of the molecule is O=NO.c1ccc2c(c1)COC2. The van der Waals surface area contributed by atoms with Gasteiger partial charge in [-0.1, -0.05) is 24.3 Å².